The first-order valence-corrected chi connectivity index (χ1v) is 9.30. The molecular weight excluding hydrogens is 365 g/mol. The van der Waals surface area contributed by atoms with Gasteiger partial charge in [0.2, 0.25) is 0 Å². The van der Waals surface area contributed by atoms with Gasteiger partial charge in [0, 0.05) is 18.7 Å². The van der Waals surface area contributed by atoms with Crippen molar-refractivity contribution in [2.24, 2.45) is 0 Å². The van der Waals surface area contributed by atoms with Crippen molar-refractivity contribution in [3.8, 4) is 5.69 Å². The Morgan fingerprint density at radius 2 is 1.74 bits per heavy atom. The predicted octanol–water partition coefficient (Wildman–Crippen LogP) is 3.81. The highest BCUT2D eigenvalue weighted by molar-refractivity contribution is 7.71. The number of halogens is 1. The minimum atomic E-state index is -0.386. The van der Waals surface area contributed by atoms with Crippen LogP contribution in [0.5, 0.6) is 0 Å². The van der Waals surface area contributed by atoms with Gasteiger partial charge in [0.15, 0.2) is 4.77 Å². The van der Waals surface area contributed by atoms with E-state index in [-0.39, 0.29) is 22.1 Å². The second-order valence-corrected chi connectivity index (χ2v) is 7.05. The minimum absolute atomic E-state index is 0.0290. The van der Waals surface area contributed by atoms with E-state index in [0.717, 1.165) is 32.4 Å². The number of benzene rings is 2. The van der Waals surface area contributed by atoms with Gasteiger partial charge in [-0.1, -0.05) is 0 Å². The van der Waals surface area contributed by atoms with Crippen LogP contribution in [-0.2, 0) is 0 Å². The lowest BCUT2D eigenvalue weighted by Gasteiger charge is -2.26. The SMILES string of the molecule is O=C(c1ccc2c(=O)n(-c3ccc(F)cc3)c(=S)[nH]c2c1)N1CCCCC1. The van der Waals surface area contributed by atoms with E-state index in [2.05, 4.69) is 4.98 Å². The Balaban J connectivity index is 1.79. The molecule has 0 unspecified atom stereocenters. The maximum atomic E-state index is 13.2. The Hall–Kier alpha value is -2.80. The van der Waals surface area contributed by atoms with Gasteiger partial charge in [-0.3, -0.25) is 14.2 Å². The minimum Gasteiger partial charge on any atom is -0.339 e. The van der Waals surface area contributed by atoms with E-state index in [0.29, 0.717) is 22.2 Å². The fourth-order valence-corrected chi connectivity index (χ4v) is 3.75. The zero-order valence-corrected chi connectivity index (χ0v) is 15.4. The highest BCUT2D eigenvalue weighted by Gasteiger charge is 2.19. The molecule has 1 aliphatic rings. The number of carbonyl (C=O) groups excluding carboxylic acids is 1. The lowest BCUT2D eigenvalue weighted by atomic mass is 10.1. The Bertz CT molecular complexity index is 1130. The number of aromatic nitrogens is 2. The van der Waals surface area contributed by atoms with Crippen molar-refractivity contribution in [2.45, 2.75) is 19.3 Å². The van der Waals surface area contributed by atoms with Crippen molar-refractivity contribution in [1.29, 1.82) is 0 Å². The van der Waals surface area contributed by atoms with E-state index in [1.54, 1.807) is 18.2 Å². The smallest absolute Gasteiger partial charge is 0.266 e. The lowest BCUT2D eigenvalue weighted by molar-refractivity contribution is 0.0724. The van der Waals surface area contributed by atoms with Crippen molar-refractivity contribution in [3.05, 3.63) is 69.0 Å². The normalized spacial score (nSPS) is 14.5. The largest absolute Gasteiger partial charge is 0.339 e. The Labute approximate surface area is 160 Å². The Morgan fingerprint density at radius 1 is 1.04 bits per heavy atom. The number of carbonyl (C=O) groups is 1. The van der Waals surface area contributed by atoms with Gasteiger partial charge in [-0.05, 0) is 73.9 Å². The third kappa shape index (κ3) is 3.30. The summed E-state index contributed by atoms with van der Waals surface area (Å²) in [4.78, 5) is 30.5. The van der Waals surface area contributed by atoms with Crippen molar-refractivity contribution >= 4 is 29.0 Å². The topological polar surface area (TPSA) is 58.1 Å². The zero-order valence-electron chi connectivity index (χ0n) is 14.6. The molecule has 0 radical (unpaired) electrons. The van der Waals surface area contributed by atoms with Gasteiger partial charge in [0.25, 0.3) is 11.5 Å². The monoisotopic (exact) mass is 383 g/mol. The molecule has 0 spiro atoms. The maximum absolute atomic E-state index is 13.2. The molecule has 4 rings (SSSR count). The van der Waals surface area contributed by atoms with E-state index in [9.17, 15) is 14.0 Å². The Kier molecular flexibility index (Phi) is 4.61. The number of hydrogen-bond donors (Lipinski definition) is 1. The third-order valence-electron chi connectivity index (χ3n) is 4.87. The fourth-order valence-electron chi connectivity index (χ4n) is 3.46. The summed E-state index contributed by atoms with van der Waals surface area (Å²) in [7, 11) is 0. The molecule has 1 fully saturated rings. The molecule has 7 heteroatoms. The van der Waals surface area contributed by atoms with Gasteiger partial charge in [-0.2, -0.15) is 0 Å². The molecule has 1 saturated heterocycles. The molecule has 138 valence electrons. The van der Waals surface area contributed by atoms with Gasteiger partial charge in [0.1, 0.15) is 5.82 Å². The molecule has 1 aliphatic heterocycles. The quantitative estimate of drug-likeness (QED) is 0.685. The van der Waals surface area contributed by atoms with Crippen LogP contribution in [0.2, 0.25) is 0 Å². The molecule has 5 nitrogen and oxygen atoms in total. The van der Waals surface area contributed by atoms with E-state index >= 15 is 0 Å². The van der Waals surface area contributed by atoms with Crippen LogP contribution in [-0.4, -0.2) is 33.4 Å². The summed E-state index contributed by atoms with van der Waals surface area (Å²) in [6.45, 7) is 1.53. The van der Waals surface area contributed by atoms with E-state index in [1.165, 1.54) is 28.8 Å². The second kappa shape index (κ2) is 7.08. The van der Waals surface area contributed by atoms with E-state index in [1.807, 2.05) is 4.90 Å². The molecule has 0 atom stereocenters. The molecule has 27 heavy (non-hydrogen) atoms. The van der Waals surface area contributed by atoms with Crippen LogP contribution in [0.25, 0.3) is 16.6 Å². The third-order valence-corrected chi connectivity index (χ3v) is 5.16. The number of rotatable bonds is 2. The van der Waals surface area contributed by atoms with Crippen molar-refractivity contribution < 1.29 is 9.18 Å². The Morgan fingerprint density at radius 3 is 2.44 bits per heavy atom. The molecule has 2 heterocycles. The zero-order chi connectivity index (χ0) is 19.0. The van der Waals surface area contributed by atoms with Crippen LogP contribution >= 0.6 is 12.2 Å². The number of fused-ring (bicyclic) bond motifs is 1. The number of nitrogens with one attached hydrogen (secondary N) is 1. The van der Waals surface area contributed by atoms with Crippen molar-refractivity contribution in [2.75, 3.05) is 13.1 Å². The number of aromatic amines is 1. The van der Waals surface area contributed by atoms with Crippen molar-refractivity contribution in [1.82, 2.24) is 14.5 Å². The van der Waals surface area contributed by atoms with Gasteiger partial charge < -0.3 is 9.88 Å². The number of likely N-dealkylation sites (tertiary alicyclic amines) is 1. The summed E-state index contributed by atoms with van der Waals surface area (Å²) in [6, 6.07) is 10.5. The molecule has 0 bridgehead atoms. The van der Waals surface area contributed by atoms with Crippen LogP contribution < -0.4 is 5.56 Å². The summed E-state index contributed by atoms with van der Waals surface area (Å²) in [6.07, 6.45) is 3.19. The van der Waals surface area contributed by atoms with Gasteiger partial charge in [-0.25, -0.2) is 4.39 Å². The van der Waals surface area contributed by atoms with E-state index in [4.69, 9.17) is 12.2 Å². The molecular formula is C20H18FN3O2S. The molecule has 0 saturated carbocycles. The summed E-state index contributed by atoms with van der Waals surface area (Å²) < 4.78 is 14.7. The van der Waals surface area contributed by atoms with Crippen LogP contribution in [0, 0.1) is 10.6 Å². The summed E-state index contributed by atoms with van der Waals surface area (Å²) in [5, 5.41) is 0.420. The summed E-state index contributed by atoms with van der Waals surface area (Å²) >= 11 is 5.33. The molecule has 1 N–H and O–H groups in total. The van der Waals surface area contributed by atoms with E-state index < -0.39 is 0 Å². The van der Waals surface area contributed by atoms with Crippen LogP contribution in [0.4, 0.5) is 4.39 Å². The molecule has 2 aromatic carbocycles. The van der Waals surface area contributed by atoms with Crippen LogP contribution in [0.15, 0.2) is 47.3 Å². The molecule has 1 amide bonds. The second-order valence-electron chi connectivity index (χ2n) is 6.66. The number of hydrogen-bond acceptors (Lipinski definition) is 3. The molecule has 3 aromatic rings. The van der Waals surface area contributed by atoms with Crippen LogP contribution in [0.1, 0.15) is 29.6 Å². The van der Waals surface area contributed by atoms with Gasteiger partial charge in [0.05, 0.1) is 16.6 Å². The number of H-pyrrole nitrogens is 1. The fraction of sp³-hybridized carbons (Fsp3) is 0.250. The maximum Gasteiger partial charge on any atom is 0.266 e. The van der Waals surface area contributed by atoms with Crippen molar-refractivity contribution in [3.63, 3.8) is 0 Å². The lowest BCUT2D eigenvalue weighted by Crippen LogP contribution is -2.35. The number of nitrogens with zero attached hydrogens (tertiary/aromatic N) is 2. The summed E-state index contributed by atoms with van der Waals surface area (Å²) in [5.41, 5.74) is 1.23. The number of amides is 1. The first-order valence-electron chi connectivity index (χ1n) is 8.89. The average molecular weight is 383 g/mol. The molecule has 0 aliphatic carbocycles. The molecule has 1 aromatic heterocycles. The standard InChI is InChI=1S/C20H18FN3O2S/c21-14-5-7-15(8-6-14)24-19(26)16-9-4-13(12-17(16)22-20(24)27)18(25)23-10-2-1-3-11-23/h4-9,12H,1-3,10-11H2,(H,22,27). The highest BCUT2D eigenvalue weighted by atomic mass is 32.1. The average Bonchev–Trinajstić information content (AvgIpc) is 2.69. The van der Waals surface area contributed by atoms with Gasteiger partial charge in [-0.15, -0.1) is 0 Å². The first-order chi connectivity index (χ1) is 13.0. The van der Waals surface area contributed by atoms with Gasteiger partial charge >= 0.3 is 0 Å². The predicted molar refractivity (Wildman–Crippen MR) is 104 cm³/mol. The number of piperidine rings is 1. The first kappa shape index (κ1) is 17.6. The van der Waals surface area contributed by atoms with Crippen LogP contribution in [0.3, 0.4) is 0 Å². The summed E-state index contributed by atoms with van der Waals surface area (Å²) in [5.74, 6) is -0.415. The highest BCUT2D eigenvalue weighted by Crippen LogP contribution is 2.17.